The monoisotopic (exact) mass is 386 g/mol. The molecule has 0 aliphatic rings. The normalized spacial score (nSPS) is 10.2. The number of nitrogens with zero attached hydrogens (tertiary/aromatic N) is 2. The van der Waals surface area contributed by atoms with Gasteiger partial charge in [-0.05, 0) is 43.5 Å². The van der Waals surface area contributed by atoms with Gasteiger partial charge < -0.3 is 15.4 Å². The van der Waals surface area contributed by atoms with Crippen LogP contribution in [0.2, 0.25) is 0 Å². The maximum absolute atomic E-state index is 12.0. The molecule has 0 radical (unpaired) electrons. The number of esters is 1. The minimum Gasteiger partial charge on any atom is -0.462 e. The summed E-state index contributed by atoms with van der Waals surface area (Å²) < 4.78 is 5.24. The Bertz CT molecular complexity index is 823. The number of benzene rings is 1. The number of hydrogen-bond donors (Lipinski definition) is 2. The van der Waals surface area contributed by atoms with Crippen LogP contribution in [0.1, 0.15) is 36.5 Å². The Morgan fingerprint density at radius 2 is 2.00 bits per heavy atom. The van der Waals surface area contributed by atoms with Crippen molar-refractivity contribution in [2.45, 2.75) is 26.2 Å². The van der Waals surface area contributed by atoms with Crippen LogP contribution in [0, 0.1) is 10.1 Å². The molecule has 2 aromatic rings. The van der Waals surface area contributed by atoms with Crippen molar-refractivity contribution in [1.82, 2.24) is 4.98 Å². The second kappa shape index (κ2) is 10.6. The van der Waals surface area contributed by atoms with Crippen LogP contribution in [0.15, 0.2) is 42.6 Å². The highest BCUT2D eigenvalue weighted by atomic mass is 16.6. The standard InChI is InChI=1S/C19H22N4O5/c1-14(24)22-16-7-5-6-15(12-16)19(25)28-11-4-2-3-10-20-18-9-8-17(13-21-18)23(26)27/h5-9,12-13H,2-4,10-11H2,1H3,(H,20,21)(H,22,24). The van der Waals surface area contributed by atoms with Crippen LogP contribution in [0.3, 0.4) is 0 Å². The number of pyridine rings is 1. The first kappa shape index (κ1) is 20.8. The highest BCUT2D eigenvalue weighted by Crippen LogP contribution is 2.13. The van der Waals surface area contributed by atoms with E-state index in [2.05, 4.69) is 15.6 Å². The van der Waals surface area contributed by atoms with Crippen LogP contribution in [-0.4, -0.2) is 34.9 Å². The molecule has 0 saturated heterocycles. The fourth-order valence-electron chi connectivity index (χ4n) is 2.39. The van der Waals surface area contributed by atoms with E-state index >= 15 is 0 Å². The molecule has 1 heterocycles. The Morgan fingerprint density at radius 1 is 1.18 bits per heavy atom. The quantitative estimate of drug-likeness (QED) is 0.278. The molecule has 2 N–H and O–H groups in total. The lowest BCUT2D eigenvalue weighted by Gasteiger charge is -2.08. The van der Waals surface area contributed by atoms with Crippen molar-refractivity contribution in [2.75, 3.05) is 23.8 Å². The van der Waals surface area contributed by atoms with Gasteiger partial charge in [-0.15, -0.1) is 0 Å². The Balaban J connectivity index is 1.61. The third kappa shape index (κ3) is 7.02. The number of amides is 1. The van der Waals surface area contributed by atoms with Gasteiger partial charge in [-0.1, -0.05) is 6.07 Å². The molecule has 0 bridgehead atoms. The van der Waals surface area contributed by atoms with Gasteiger partial charge in [0.25, 0.3) is 5.69 Å². The summed E-state index contributed by atoms with van der Waals surface area (Å²) in [7, 11) is 0. The molecule has 0 fully saturated rings. The van der Waals surface area contributed by atoms with Gasteiger partial charge in [0.15, 0.2) is 0 Å². The molecule has 0 aliphatic heterocycles. The summed E-state index contributed by atoms with van der Waals surface area (Å²) >= 11 is 0. The molecule has 9 heteroatoms. The predicted molar refractivity (Wildman–Crippen MR) is 104 cm³/mol. The van der Waals surface area contributed by atoms with Crippen molar-refractivity contribution < 1.29 is 19.2 Å². The molecular weight excluding hydrogens is 364 g/mol. The van der Waals surface area contributed by atoms with E-state index < -0.39 is 10.9 Å². The fraction of sp³-hybridized carbons (Fsp3) is 0.316. The molecule has 148 valence electrons. The van der Waals surface area contributed by atoms with Crippen molar-refractivity contribution in [1.29, 1.82) is 0 Å². The van der Waals surface area contributed by atoms with E-state index in [4.69, 9.17) is 4.74 Å². The number of carbonyl (C=O) groups is 2. The lowest BCUT2D eigenvalue weighted by molar-refractivity contribution is -0.385. The molecule has 0 atom stereocenters. The highest BCUT2D eigenvalue weighted by molar-refractivity contribution is 5.93. The van der Waals surface area contributed by atoms with Gasteiger partial charge in [-0.2, -0.15) is 0 Å². The number of nitrogens with one attached hydrogen (secondary N) is 2. The van der Waals surface area contributed by atoms with E-state index in [0.29, 0.717) is 36.6 Å². The first-order chi connectivity index (χ1) is 13.5. The number of aromatic nitrogens is 1. The number of unbranched alkanes of at least 4 members (excludes halogenated alkanes) is 2. The van der Waals surface area contributed by atoms with Gasteiger partial charge in [-0.3, -0.25) is 14.9 Å². The van der Waals surface area contributed by atoms with Crippen molar-refractivity contribution in [3.8, 4) is 0 Å². The summed E-state index contributed by atoms with van der Waals surface area (Å²) in [6, 6.07) is 9.55. The smallest absolute Gasteiger partial charge is 0.338 e. The minimum absolute atomic E-state index is 0.0463. The molecule has 0 saturated carbocycles. The van der Waals surface area contributed by atoms with Crippen molar-refractivity contribution in [3.63, 3.8) is 0 Å². The summed E-state index contributed by atoms with van der Waals surface area (Å²) in [5, 5.41) is 16.3. The van der Waals surface area contributed by atoms with Crippen LogP contribution in [0.4, 0.5) is 17.2 Å². The molecule has 28 heavy (non-hydrogen) atoms. The maximum atomic E-state index is 12.0. The maximum Gasteiger partial charge on any atom is 0.338 e. The molecule has 1 aromatic carbocycles. The summed E-state index contributed by atoms with van der Waals surface area (Å²) in [6.07, 6.45) is 3.61. The van der Waals surface area contributed by atoms with E-state index in [0.717, 1.165) is 12.8 Å². The van der Waals surface area contributed by atoms with Crippen molar-refractivity contribution >= 4 is 29.1 Å². The summed E-state index contributed by atoms with van der Waals surface area (Å²) in [6.45, 7) is 2.37. The molecule has 0 spiro atoms. The lowest BCUT2D eigenvalue weighted by atomic mass is 10.2. The number of nitro groups is 1. The molecule has 0 aliphatic carbocycles. The zero-order valence-corrected chi connectivity index (χ0v) is 15.5. The van der Waals surface area contributed by atoms with E-state index in [1.54, 1.807) is 30.3 Å². The number of anilines is 2. The van der Waals surface area contributed by atoms with Crippen LogP contribution in [-0.2, 0) is 9.53 Å². The van der Waals surface area contributed by atoms with Crippen molar-refractivity contribution in [2.24, 2.45) is 0 Å². The van der Waals surface area contributed by atoms with E-state index in [9.17, 15) is 19.7 Å². The summed E-state index contributed by atoms with van der Waals surface area (Å²) in [4.78, 5) is 37.1. The van der Waals surface area contributed by atoms with Crippen LogP contribution in [0.5, 0.6) is 0 Å². The average Bonchev–Trinajstić information content (AvgIpc) is 2.67. The average molecular weight is 386 g/mol. The largest absolute Gasteiger partial charge is 0.462 e. The van der Waals surface area contributed by atoms with Crippen LogP contribution < -0.4 is 10.6 Å². The summed E-state index contributed by atoms with van der Waals surface area (Å²) in [5.41, 5.74) is 0.889. The third-order valence-electron chi connectivity index (χ3n) is 3.74. The molecule has 1 amide bonds. The van der Waals surface area contributed by atoms with Gasteiger partial charge in [0, 0.05) is 25.2 Å². The molecule has 9 nitrogen and oxygen atoms in total. The highest BCUT2D eigenvalue weighted by Gasteiger charge is 2.08. The first-order valence-electron chi connectivity index (χ1n) is 8.85. The van der Waals surface area contributed by atoms with Gasteiger partial charge in [0.2, 0.25) is 5.91 Å². The molecule has 1 aromatic heterocycles. The minimum atomic E-state index is -0.492. The Hall–Kier alpha value is -3.49. The zero-order valence-electron chi connectivity index (χ0n) is 15.5. The first-order valence-corrected chi connectivity index (χ1v) is 8.85. The Kier molecular flexibility index (Phi) is 7.89. The van der Waals surface area contributed by atoms with Gasteiger partial charge in [0.05, 0.1) is 17.1 Å². The van der Waals surface area contributed by atoms with Crippen molar-refractivity contribution in [3.05, 3.63) is 58.3 Å². The van der Waals surface area contributed by atoms with E-state index in [-0.39, 0.29) is 11.6 Å². The van der Waals surface area contributed by atoms with E-state index in [1.165, 1.54) is 19.2 Å². The van der Waals surface area contributed by atoms with E-state index in [1.807, 2.05) is 0 Å². The van der Waals surface area contributed by atoms with Crippen LogP contribution in [0.25, 0.3) is 0 Å². The van der Waals surface area contributed by atoms with Gasteiger partial charge in [0.1, 0.15) is 12.0 Å². The third-order valence-corrected chi connectivity index (χ3v) is 3.74. The van der Waals surface area contributed by atoms with Crippen LogP contribution >= 0.6 is 0 Å². The number of hydrogen-bond acceptors (Lipinski definition) is 7. The lowest BCUT2D eigenvalue weighted by Crippen LogP contribution is -2.09. The number of carbonyl (C=O) groups excluding carboxylic acids is 2. The zero-order chi connectivity index (χ0) is 20.4. The molecule has 2 rings (SSSR count). The van der Waals surface area contributed by atoms with Gasteiger partial charge in [-0.25, -0.2) is 9.78 Å². The topological polar surface area (TPSA) is 123 Å². The fourth-order valence-corrected chi connectivity index (χ4v) is 2.39. The Morgan fingerprint density at radius 3 is 2.68 bits per heavy atom. The summed E-state index contributed by atoms with van der Waals surface area (Å²) in [5.74, 6) is -0.0560. The Labute approximate surface area is 162 Å². The van der Waals surface area contributed by atoms with Gasteiger partial charge >= 0.3 is 5.97 Å². The SMILES string of the molecule is CC(=O)Nc1cccc(C(=O)OCCCCCNc2ccc([N+](=O)[O-])cn2)c1. The molecular formula is C19H22N4O5. The predicted octanol–water partition coefficient (Wildman–Crippen LogP) is 3.39. The second-order valence-electron chi connectivity index (χ2n) is 6.04. The molecule has 0 unspecified atom stereocenters. The second-order valence-corrected chi connectivity index (χ2v) is 6.04. The number of rotatable bonds is 10. The number of ether oxygens (including phenoxy) is 1.